The molecule has 5 nitrogen and oxygen atoms in total. The zero-order valence-electron chi connectivity index (χ0n) is 21.0. The summed E-state index contributed by atoms with van der Waals surface area (Å²) in [5, 5.41) is 2.67. The summed E-state index contributed by atoms with van der Waals surface area (Å²) >= 11 is 0. The molecule has 0 rings (SSSR count). The first-order valence-electron chi connectivity index (χ1n) is 13.1. The predicted molar refractivity (Wildman–Crippen MR) is 129 cm³/mol. The molecule has 5 heteroatoms. The Morgan fingerprint density at radius 2 is 1.16 bits per heavy atom. The standard InChI is InChI=1S/C26H51NO4/c1-5-7-9-10-11-12-13-14-15-16-17-18-19-21-30-25(28)24(20-8-6-2)27-26(29)31-22-23(3)4/h23-24H,5-22H2,1-4H3,(H,27,29). The van der Waals surface area contributed by atoms with Crippen molar-refractivity contribution in [3.05, 3.63) is 0 Å². The Hall–Kier alpha value is -1.26. The summed E-state index contributed by atoms with van der Waals surface area (Å²) in [4.78, 5) is 24.2. The topological polar surface area (TPSA) is 64.6 Å². The van der Waals surface area contributed by atoms with Gasteiger partial charge in [-0.3, -0.25) is 0 Å². The molecule has 0 saturated heterocycles. The van der Waals surface area contributed by atoms with Crippen molar-refractivity contribution >= 4 is 12.1 Å². The fourth-order valence-corrected chi connectivity index (χ4v) is 3.48. The van der Waals surface area contributed by atoms with Crippen LogP contribution in [-0.4, -0.2) is 31.3 Å². The average molecular weight is 442 g/mol. The van der Waals surface area contributed by atoms with Crippen molar-refractivity contribution in [1.82, 2.24) is 5.32 Å². The zero-order chi connectivity index (χ0) is 23.2. The Labute approximate surface area is 192 Å². The SMILES string of the molecule is CCCCCCCCCCCCCCCOC(=O)C(CCCC)NC(=O)OCC(C)C. The van der Waals surface area contributed by atoms with E-state index >= 15 is 0 Å². The number of carbonyl (C=O) groups excluding carboxylic acids is 2. The maximum atomic E-state index is 12.3. The lowest BCUT2D eigenvalue weighted by Gasteiger charge is -2.18. The molecule has 1 amide bonds. The minimum atomic E-state index is -0.610. The van der Waals surface area contributed by atoms with Gasteiger partial charge in [0.15, 0.2) is 0 Å². The highest BCUT2D eigenvalue weighted by molar-refractivity contribution is 5.81. The lowest BCUT2D eigenvalue weighted by molar-refractivity contribution is -0.146. The number of carbonyl (C=O) groups is 2. The van der Waals surface area contributed by atoms with E-state index in [0.29, 0.717) is 19.6 Å². The fourth-order valence-electron chi connectivity index (χ4n) is 3.48. The Kier molecular flexibility index (Phi) is 21.1. The van der Waals surface area contributed by atoms with E-state index in [4.69, 9.17) is 9.47 Å². The van der Waals surface area contributed by atoms with Crippen LogP contribution in [0.3, 0.4) is 0 Å². The van der Waals surface area contributed by atoms with Gasteiger partial charge in [0.05, 0.1) is 13.2 Å². The smallest absolute Gasteiger partial charge is 0.407 e. The first kappa shape index (κ1) is 29.7. The molecule has 0 aliphatic carbocycles. The van der Waals surface area contributed by atoms with Gasteiger partial charge in [0.25, 0.3) is 0 Å². The van der Waals surface area contributed by atoms with Crippen molar-refractivity contribution in [2.75, 3.05) is 13.2 Å². The molecule has 0 aliphatic rings. The van der Waals surface area contributed by atoms with Crippen LogP contribution >= 0.6 is 0 Å². The van der Waals surface area contributed by atoms with Gasteiger partial charge in [-0.25, -0.2) is 9.59 Å². The van der Waals surface area contributed by atoms with Crippen LogP contribution in [0.4, 0.5) is 4.79 Å². The number of nitrogens with one attached hydrogen (secondary N) is 1. The minimum absolute atomic E-state index is 0.266. The first-order chi connectivity index (χ1) is 15.0. The van der Waals surface area contributed by atoms with E-state index in [-0.39, 0.29) is 11.9 Å². The van der Waals surface area contributed by atoms with Gasteiger partial charge in [0.2, 0.25) is 0 Å². The van der Waals surface area contributed by atoms with E-state index < -0.39 is 12.1 Å². The highest BCUT2D eigenvalue weighted by atomic mass is 16.6. The molecule has 0 aromatic heterocycles. The van der Waals surface area contributed by atoms with Crippen LogP contribution in [0, 0.1) is 5.92 Å². The van der Waals surface area contributed by atoms with Crippen LogP contribution < -0.4 is 5.32 Å². The van der Waals surface area contributed by atoms with Gasteiger partial charge >= 0.3 is 12.1 Å². The number of alkyl carbamates (subject to hydrolysis) is 1. The van der Waals surface area contributed by atoms with Gasteiger partial charge < -0.3 is 14.8 Å². The summed E-state index contributed by atoms with van der Waals surface area (Å²) < 4.78 is 10.6. The maximum absolute atomic E-state index is 12.3. The second kappa shape index (κ2) is 22.0. The molecule has 1 atom stereocenters. The molecular formula is C26H51NO4. The fraction of sp³-hybridized carbons (Fsp3) is 0.923. The quantitative estimate of drug-likeness (QED) is 0.147. The molecule has 0 spiro atoms. The van der Waals surface area contributed by atoms with E-state index in [1.165, 1.54) is 70.6 Å². The zero-order valence-corrected chi connectivity index (χ0v) is 21.0. The third-order valence-corrected chi connectivity index (χ3v) is 5.46. The van der Waals surface area contributed by atoms with E-state index in [9.17, 15) is 9.59 Å². The summed E-state index contributed by atoms with van der Waals surface area (Å²) in [6.07, 6.45) is 18.7. The number of hydrogen-bond acceptors (Lipinski definition) is 4. The summed E-state index contributed by atoms with van der Waals surface area (Å²) in [5.41, 5.74) is 0. The largest absolute Gasteiger partial charge is 0.464 e. The third-order valence-electron chi connectivity index (χ3n) is 5.46. The Bertz CT molecular complexity index is 426. The molecule has 31 heavy (non-hydrogen) atoms. The van der Waals surface area contributed by atoms with Crippen molar-refractivity contribution in [3.8, 4) is 0 Å². The Balaban J connectivity index is 3.74. The van der Waals surface area contributed by atoms with E-state index in [1.807, 2.05) is 13.8 Å². The van der Waals surface area contributed by atoms with Crippen LogP contribution in [0.2, 0.25) is 0 Å². The molecule has 1 unspecified atom stereocenters. The van der Waals surface area contributed by atoms with Gasteiger partial charge in [-0.15, -0.1) is 0 Å². The molecule has 0 aliphatic heterocycles. The number of unbranched alkanes of at least 4 members (excludes halogenated alkanes) is 13. The van der Waals surface area contributed by atoms with Gasteiger partial charge in [-0.05, 0) is 18.8 Å². The second-order valence-corrected chi connectivity index (χ2v) is 9.24. The highest BCUT2D eigenvalue weighted by Gasteiger charge is 2.22. The Morgan fingerprint density at radius 3 is 1.65 bits per heavy atom. The predicted octanol–water partition coefficient (Wildman–Crippen LogP) is 7.56. The van der Waals surface area contributed by atoms with Crippen molar-refractivity contribution in [3.63, 3.8) is 0 Å². The summed E-state index contributed by atoms with van der Waals surface area (Å²) in [6.45, 7) is 9.06. The molecule has 0 aromatic carbocycles. The number of ether oxygens (including phenoxy) is 2. The molecule has 184 valence electrons. The van der Waals surface area contributed by atoms with Gasteiger partial charge in [-0.2, -0.15) is 0 Å². The number of hydrogen-bond donors (Lipinski definition) is 1. The first-order valence-corrected chi connectivity index (χ1v) is 13.1. The average Bonchev–Trinajstić information content (AvgIpc) is 2.75. The third kappa shape index (κ3) is 20.4. The molecule has 0 fully saturated rings. The van der Waals surface area contributed by atoms with Crippen LogP contribution in [-0.2, 0) is 14.3 Å². The van der Waals surface area contributed by atoms with Crippen molar-refractivity contribution in [2.24, 2.45) is 5.92 Å². The lowest BCUT2D eigenvalue weighted by atomic mass is 10.0. The van der Waals surface area contributed by atoms with E-state index in [2.05, 4.69) is 19.2 Å². The van der Waals surface area contributed by atoms with Crippen LogP contribution in [0.5, 0.6) is 0 Å². The Morgan fingerprint density at radius 1 is 0.677 bits per heavy atom. The molecule has 0 bridgehead atoms. The van der Waals surface area contributed by atoms with Crippen molar-refractivity contribution < 1.29 is 19.1 Å². The molecule has 0 saturated carbocycles. The normalized spacial score (nSPS) is 12.0. The molecular weight excluding hydrogens is 390 g/mol. The second-order valence-electron chi connectivity index (χ2n) is 9.24. The summed E-state index contributed by atoms with van der Waals surface area (Å²) in [6, 6.07) is -0.610. The van der Waals surface area contributed by atoms with Crippen molar-refractivity contribution in [1.29, 1.82) is 0 Å². The summed E-state index contributed by atoms with van der Waals surface area (Å²) in [5.74, 6) is -0.0729. The van der Waals surface area contributed by atoms with E-state index in [0.717, 1.165) is 25.7 Å². The van der Waals surface area contributed by atoms with Crippen LogP contribution in [0.25, 0.3) is 0 Å². The monoisotopic (exact) mass is 441 g/mol. The molecule has 0 heterocycles. The van der Waals surface area contributed by atoms with Crippen molar-refractivity contribution in [2.45, 2.75) is 136 Å². The molecule has 0 radical (unpaired) electrons. The maximum Gasteiger partial charge on any atom is 0.407 e. The minimum Gasteiger partial charge on any atom is -0.464 e. The van der Waals surface area contributed by atoms with Gasteiger partial charge in [-0.1, -0.05) is 118 Å². The number of rotatable bonds is 21. The van der Waals surface area contributed by atoms with Gasteiger partial charge in [0.1, 0.15) is 6.04 Å². The van der Waals surface area contributed by atoms with Crippen LogP contribution in [0.15, 0.2) is 0 Å². The lowest BCUT2D eigenvalue weighted by Crippen LogP contribution is -2.42. The number of esters is 1. The number of amides is 1. The molecule has 0 aromatic rings. The molecule has 1 N–H and O–H groups in total. The summed E-state index contributed by atoms with van der Waals surface area (Å²) in [7, 11) is 0. The van der Waals surface area contributed by atoms with Gasteiger partial charge in [0, 0.05) is 0 Å². The van der Waals surface area contributed by atoms with E-state index in [1.54, 1.807) is 0 Å². The highest BCUT2D eigenvalue weighted by Crippen LogP contribution is 2.12. The van der Waals surface area contributed by atoms with Crippen LogP contribution in [0.1, 0.15) is 130 Å².